The fraction of sp³-hybridized carbons (Fsp3) is 0.421. The van der Waals surface area contributed by atoms with E-state index in [9.17, 15) is 26.8 Å². The van der Waals surface area contributed by atoms with Crippen molar-refractivity contribution in [3.8, 4) is 0 Å². The lowest BCUT2D eigenvalue weighted by Crippen LogP contribution is -2.38. The normalized spacial score (nSPS) is 15.2. The molecule has 14 heteroatoms. The highest BCUT2D eigenvalue weighted by Crippen LogP contribution is 2.31. The van der Waals surface area contributed by atoms with Crippen molar-refractivity contribution in [3.63, 3.8) is 0 Å². The minimum Gasteiger partial charge on any atom is -0.480 e. The van der Waals surface area contributed by atoms with E-state index in [0.717, 1.165) is 47.6 Å². The number of carboxylic acid groups (broad SMARTS) is 1. The van der Waals surface area contributed by atoms with Gasteiger partial charge in [-0.3, -0.25) is 19.6 Å². The average Bonchev–Trinajstić information content (AvgIpc) is 3.41. The van der Waals surface area contributed by atoms with E-state index in [1.165, 1.54) is 23.2 Å². The summed E-state index contributed by atoms with van der Waals surface area (Å²) in [5.74, 6) is -0.989. The lowest BCUT2D eigenvalue weighted by molar-refractivity contribution is -0.135. The third kappa shape index (κ3) is 6.72. The predicted octanol–water partition coefficient (Wildman–Crippen LogP) is 2.80. The van der Waals surface area contributed by atoms with E-state index in [0.29, 0.717) is 18.2 Å². The summed E-state index contributed by atoms with van der Waals surface area (Å²) >= 11 is -1.71. The van der Waals surface area contributed by atoms with Crippen LogP contribution in [-0.4, -0.2) is 58.6 Å². The first-order valence-corrected chi connectivity index (χ1v) is 13.8. The zero-order valence-corrected chi connectivity index (χ0v) is 20.2. The molecule has 1 saturated carbocycles. The quantitative estimate of drug-likeness (QED) is 0.429. The van der Waals surface area contributed by atoms with Crippen molar-refractivity contribution in [3.05, 3.63) is 30.5 Å². The Kier molecular flexibility index (Phi) is 8.05. The van der Waals surface area contributed by atoms with Crippen molar-refractivity contribution >= 4 is 60.3 Å². The minimum atomic E-state index is -3.38. The van der Waals surface area contributed by atoms with E-state index in [1.54, 1.807) is 12.1 Å². The maximum atomic E-state index is 13.1. The Labute approximate surface area is 197 Å². The third-order valence-electron chi connectivity index (χ3n) is 5.16. The van der Waals surface area contributed by atoms with Gasteiger partial charge in [-0.25, -0.2) is 26.7 Å². The second-order valence-corrected chi connectivity index (χ2v) is 11.5. The van der Waals surface area contributed by atoms with Crippen LogP contribution >= 0.6 is 11.3 Å². The number of carboxylic acids is 1. The summed E-state index contributed by atoms with van der Waals surface area (Å²) in [5.41, 5.74) is 0.521. The van der Waals surface area contributed by atoms with Gasteiger partial charge in [0.25, 0.3) is 11.3 Å². The van der Waals surface area contributed by atoms with Crippen LogP contribution in [0.2, 0.25) is 0 Å². The topological polar surface area (TPSA) is 157 Å². The van der Waals surface area contributed by atoms with Crippen LogP contribution in [0.5, 0.6) is 0 Å². The van der Waals surface area contributed by atoms with Crippen LogP contribution in [0.1, 0.15) is 25.7 Å². The molecule has 180 valence electrons. The second-order valence-electron chi connectivity index (χ2n) is 7.62. The number of benzene rings is 1. The monoisotopic (exact) mass is 516 g/mol. The standard InChI is InChI=1S/C19H24N4O7S3/c1-33(29,30)15-8-6-14(7-9-15)22(11-13-4-2-3-5-13)19(26)21-18-20-10-16(31-18)23(32(27)28)12-17(24)25/h6-10,13H,2-5,11-12H2,1H3,(H,24,25)(H,27,28)(H,20,21,26). The van der Waals surface area contributed by atoms with Gasteiger partial charge in [0.15, 0.2) is 15.0 Å². The predicted molar refractivity (Wildman–Crippen MR) is 126 cm³/mol. The molecular weight excluding hydrogens is 492 g/mol. The highest BCUT2D eigenvalue weighted by molar-refractivity contribution is 7.90. The van der Waals surface area contributed by atoms with Gasteiger partial charge in [0.1, 0.15) is 11.5 Å². The summed E-state index contributed by atoms with van der Waals surface area (Å²) in [6.07, 6.45) is 6.46. The van der Waals surface area contributed by atoms with Crippen LogP contribution in [0.25, 0.3) is 0 Å². The van der Waals surface area contributed by atoms with Gasteiger partial charge in [0.2, 0.25) is 0 Å². The van der Waals surface area contributed by atoms with Gasteiger partial charge in [-0.05, 0) is 43.0 Å². The van der Waals surface area contributed by atoms with Crippen molar-refractivity contribution in [1.82, 2.24) is 4.98 Å². The third-order valence-corrected chi connectivity index (χ3v) is 8.04. The highest BCUT2D eigenvalue weighted by Gasteiger charge is 2.25. The summed E-state index contributed by atoms with van der Waals surface area (Å²) in [6, 6.07) is 5.54. The molecule has 0 spiro atoms. The summed E-state index contributed by atoms with van der Waals surface area (Å²) in [7, 11) is -3.38. The van der Waals surface area contributed by atoms with Crippen LogP contribution in [0.4, 0.5) is 20.6 Å². The molecule has 0 radical (unpaired) electrons. The SMILES string of the molecule is CS(=O)(=O)c1ccc(N(CC2CCCC2)C(=O)Nc2ncc(N(CC(=O)O)S(=O)O)s2)cc1. The van der Waals surface area contributed by atoms with E-state index < -0.39 is 39.6 Å². The fourth-order valence-electron chi connectivity index (χ4n) is 3.56. The number of sulfone groups is 1. The lowest BCUT2D eigenvalue weighted by atomic mass is 10.1. The van der Waals surface area contributed by atoms with E-state index in [1.807, 2.05) is 0 Å². The van der Waals surface area contributed by atoms with Crippen LogP contribution in [-0.2, 0) is 25.9 Å². The molecule has 3 rings (SSSR count). The molecule has 0 bridgehead atoms. The van der Waals surface area contributed by atoms with Crippen molar-refractivity contribution in [1.29, 1.82) is 0 Å². The smallest absolute Gasteiger partial charge is 0.328 e. The zero-order chi connectivity index (χ0) is 24.2. The largest absolute Gasteiger partial charge is 0.480 e. The number of nitrogens with one attached hydrogen (secondary N) is 1. The maximum absolute atomic E-state index is 13.1. The second kappa shape index (κ2) is 10.6. The van der Waals surface area contributed by atoms with Crippen LogP contribution in [0, 0.1) is 5.92 Å². The maximum Gasteiger partial charge on any atom is 0.328 e. The molecule has 1 aromatic heterocycles. The number of carbonyl (C=O) groups excluding carboxylic acids is 1. The number of thiazole rings is 1. The minimum absolute atomic E-state index is 0.105. The molecule has 0 saturated heterocycles. The number of nitrogens with zero attached hydrogens (tertiary/aromatic N) is 3. The number of urea groups is 1. The lowest BCUT2D eigenvalue weighted by Gasteiger charge is -2.26. The van der Waals surface area contributed by atoms with Crippen LogP contribution in [0.3, 0.4) is 0 Å². The van der Waals surface area contributed by atoms with Gasteiger partial charge in [-0.1, -0.05) is 24.2 Å². The molecule has 1 atom stereocenters. The Bertz CT molecular complexity index is 1130. The number of hydrogen-bond donors (Lipinski definition) is 3. The molecule has 1 fully saturated rings. The van der Waals surface area contributed by atoms with Crippen LogP contribution in [0.15, 0.2) is 35.4 Å². The first-order valence-electron chi connectivity index (χ1n) is 9.99. The van der Waals surface area contributed by atoms with Gasteiger partial charge in [-0.15, -0.1) is 0 Å². The van der Waals surface area contributed by atoms with Crippen molar-refractivity contribution < 1.29 is 31.9 Å². The molecular formula is C19H24N4O7S3. The highest BCUT2D eigenvalue weighted by atomic mass is 32.2. The van der Waals surface area contributed by atoms with Gasteiger partial charge < -0.3 is 5.11 Å². The van der Waals surface area contributed by atoms with E-state index in [2.05, 4.69) is 10.3 Å². The Balaban J connectivity index is 1.81. The van der Waals surface area contributed by atoms with Gasteiger partial charge in [0.05, 0.1) is 11.1 Å². The molecule has 3 N–H and O–H groups in total. The molecule has 1 aliphatic carbocycles. The van der Waals surface area contributed by atoms with Gasteiger partial charge in [-0.2, -0.15) is 0 Å². The first kappa shape index (κ1) is 25.1. The van der Waals surface area contributed by atoms with E-state index in [-0.39, 0.29) is 15.0 Å². The van der Waals surface area contributed by atoms with Crippen molar-refractivity contribution in [2.45, 2.75) is 30.6 Å². The molecule has 33 heavy (non-hydrogen) atoms. The van der Waals surface area contributed by atoms with E-state index >= 15 is 0 Å². The first-order chi connectivity index (χ1) is 15.5. The van der Waals surface area contributed by atoms with Gasteiger partial charge >= 0.3 is 12.0 Å². The molecule has 1 aliphatic rings. The summed E-state index contributed by atoms with van der Waals surface area (Å²) in [4.78, 5) is 29.8. The zero-order valence-electron chi connectivity index (χ0n) is 17.7. The van der Waals surface area contributed by atoms with Crippen LogP contribution < -0.4 is 14.5 Å². The number of amides is 2. The number of aliphatic carboxylic acids is 1. The molecule has 2 aromatic rings. The Hall–Kier alpha value is -2.55. The Morgan fingerprint density at radius 1 is 1.24 bits per heavy atom. The number of rotatable bonds is 9. The average molecular weight is 517 g/mol. The van der Waals surface area contributed by atoms with Crippen molar-refractivity contribution in [2.24, 2.45) is 5.92 Å². The fourth-order valence-corrected chi connectivity index (χ4v) is 5.63. The summed E-state index contributed by atoms with van der Waals surface area (Å²) in [6.45, 7) is -0.271. The van der Waals surface area contributed by atoms with Gasteiger partial charge in [0, 0.05) is 18.5 Å². The molecule has 2 amide bonds. The molecule has 1 unspecified atom stereocenters. The number of carbonyl (C=O) groups is 2. The number of aromatic nitrogens is 1. The number of hydrogen-bond acceptors (Lipinski definition) is 7. The molecule has 1 heterocycles. The Morgan fingerprint density at radius 2 is 1.88 bits per heavy atom. The Morgan fingerprint density at radius 3 is 2.42 bits per heavy atom. The van der Waals surface area contributed by atoms with E-state index in [4.69, 9.17) is 5.11 Å². The number of anilines is 3. The molecule has 11 nitrogen and oxygen atoms in total. The van der Waals surface area contributed by atoms with Crippen molar-refractivity contribution in [2.75, 3.05) is 33.9 Å². The molecule has 1 aromatic carbocycles. The summed E-state index contributed by atoms with van der Waals surface area (Å²) < 4.78 is 45.1. The molecule has 0 aliphatic heterocycles. The summed E-state index contributed by atoms with van der Waals surface area (Å²) in [5, 5.41) is 11.8.